The Morgan fingerprint density at radius 3 is 1.94 bits per heavy atom. The highest BCUT2D eigenvalue weighted by molar-refractivity contribution is 6.00. The van der Waals surface area contributed by atoms with Crippen LogP contribution in [0.2, 0.25) is 0 Å². The van der Waals surface area contributed by atoms with Crippen LogP contribution in [0.25, 0.3) is 0 Å². The van der Waals surface area contributed by atoms with Crippen LogP contribution in [0.5, 0.6) is 0 Å². The van der Waals surface area contributed by atoms with Crippen LogP contribution in [0, 0.1) is 17.3 Å². The summed E-state index contributed by atoms with van der Waals surface area (Å²) in [6.07, 6.45) is 0. The monoisotopic (exact) mass is 246 g/mol. The maximum Gasteiger partial charge on any atom is 0.316 e. The van der Waals surface area contributed by atoms with E-state index in [0.29, 0.717) is 0 Å². The maximum atomic E-state index is 11.7. The molecule has 1 saturated carbocycles. The van der Waals surface area contributed by atoms with E-state index in [-0.39, 0.29) is 13.2 Å². The van der Waals surface area contributed by atoms with Crippen LogP contribution in [-0.2, 0) is 23.9 Å². The van der Waals surface area contributed by atoms with E-state index < -0.39 is 35.2 Å². The summed E-state index contributed by atoms with van der Waals surface area (Å²) in [5, 5.41) is 17.9. The molecular weight excluding hydrogens is 232 g/mol. The molecule has 1 aliphatic carbocycles. The topological polar surface area (TPSA) is 110 Å². The molecule has 0 aromatic carbocycles. The number of carbonyl (C=O) groups is 3. The Labute approximate surface area is 97.3 Å². The predicted molar refractivity (Wildman–Crippen MR) is 53.2 cm³/mol. The van der Waals surface area contributed by atoms with Crippen LogP contribution in [0.4, 0.5) is 0 Å². The van der Waals surface area contributed by atoms with Crippen molar-refractivity contribution < 1.29 is 34.1 Å². The lowest BCUT2D eigenvalue weighted by Crippen LogP contribution is -2.30. The molecule has 0 amide bonds. The summed E-state index contributed by atoms with van der Waals surface area (Å²) in [6, 6.07) is 0. The molecule has 96 valence electrons. The second-order valence-corrected chi connectivity index (χ2v) is 3.83. The first-order chi connectivity index (χ1) is 7.93. The van der Waals surface area contributed by atoms with Crippen molar-refractivity contribution in [2.75, 3.05) is 20.3 Å². The van der Waals surface area contributed by atoms with Gasteiger partial charge < -0.3 is 19.7 Å². The summed E-state index contributed by atoms with van der Waals surface area (Å²) in [4.78, 5) is 33.6. The minimum atomic E-state index is -1.59. The second kappa shape index (κ2) is 4.70. The largest absolute Gasteiger partial charge is 0.481 e. The summed E-state index contributed by atoms with van der Waals surface area (Å²) in [6.45, 7) is 1.34. The average molecular weight is 246 g/mol. The van der Waals surface area contributed by atoms with Crippen molar-refractivity contribution in [2.45, 2.75) is 6.92 Å². The van der Waals surface area contributed by atoms with Gasteiger partial charge in [0.15, 0.2) is 0 Å². The van der Waals surface area contributed by atoms with Crippen molar-refractivity contribution in [1.29, 1.82) is 0 Å². The molecule has 0 aliphatic heterocycles. The van der Waals surface area contributed by atoms with Gasteiger partial charge in [-0.25, -0.2) is 0 Å². The number of carboxylic acids is 2. The Hall–Kier alpha value is -1.63. The van der Waals surface area contributed by atoms with Gasteiger partial charge in [0, 0.05) is 7.11 Å². The van der Waals surface area contributed by atoms with E-state index >= 15 is 0 Å². The zero-order valence-electron chi connectivity index (χ0n) is 9.50. The molecule has 2 N–H and O–H groups in total. The zero-order valence-corrected chi connectivity index (χ0v) is 9.50. The molecule has 7 nitrogen and oxygen atoms in total. The van der Waals surface area contributed by atoms with Crippen LogP contribution in [0.1, 0.15) is 6.92 Å². The highest BCUT2D eigenvalue weighted by Gasteiger charge is 2.77. The van der Waals surface area contributed by atoms with Crippen molar-refractivity contribution in [3.63, 3.8) is 0 Å². The molecule has 1 aliphatic rings. The van der Waals surface area contributed by atoms with Crippen molar-refractivity contribution in [2.24, 2.45) is 17.3 Å². The van der Waals surface area contributed by atoms with Crippen LogP contribution >= 0.6 is 0 Å². The van der Waals surface area contributed by atoms with Crippen molar-refractivity contribution in [3.05, 3.63) is 0 Å². The van der Waals surface area contributed by atoms with Gasteiger partial charge in [0.05, 0.1) is 25.0 Å². The number of aliphatic carboxylic acids is 2. The van der Waals surface area contributed by atoms with Gasteiger partial charge in [-0.3, -0.25) is 14.4 Å². The number of carboxylic acid groups (broad SMARTS) is 2. The van der Waals surface area contributed by atoms with E-state index in [2.05, 4.69) is 0 Å². The molecule has 0 radical (unpaired) electrons. The van der Waals surface area contributed by atoms with Crippen LogP contribution in [-0.4, -0.2) is 48.4 Å². The number of methoxy groups -OCH3 is 1. The van der Waals surface area contributed by atoms with E-state index in [1.165, 1.54) is 7.11 Å². The van der Waals surface area contributed by atoms with Gasteiger partial charge in [-0.2, -0.15) is 0 Å². The van der Waals surface area contributed by atoms with Gasteiger partial charge >= 0.3 is 17.9 Å². The molecular formula is C10H14O7. The highest BCUT2D eigenvalue weighted by Crippen LogP contribution is 2.60. The minimum absolute atomic E-state index is 0.0585. The third kappa shape index (κ3) is 1.97. The van der Waals surface area contributed by atoms with Gasteiger partial charge in [-0.05, 0) is 6.92 Å². The smallest absolute Gasteiger partial charge is 0.316 e. The van der Waals surface area contributed by atoms with E-state index in [1.807, 2.05) is 0 Å². The lowest BCUT2D eigenvalue weighted by Gasteiger charge is -2.14. The van der Waals surface area contributed by atoms with Crippen LogP contribution < -0.4 is 0 Å². The molecule has 1 unspecified atom stereocenters. The van der Waals surface area contributed by atoms with Crippen molar-refractivity contribution in [3.8, 4) is 0 Å². The molecule has 17 heavy (non-hydrogen) atoms. The molecule has 0 aromatic rings. The van der Waals surface area contributed by atoms with Gasteiger partial charge in [0.25, 0.3) is 0 Å². The fraction of sp³-hybridized carbons (Fsp3) is 0.700. The molecule has 0 heterocycles. The molecule has 0 bridgehead atoms. The highest BCUT2D eigenvalue weighted by atomic mass is 16.5. The van der Waals surface area contributed by atoms with Crippen molar-refractivity contribution >= 4 is 17.9 Å². The fourth-order valence-electron chi connectivity index (χ4n) is 2.16. The first-order valence-corrected chi connectivity index (χ1v) is 5.05. The number of hydrogen-bond donors (Lipinski definition) is 2. The first-order valence-electron chi connectivity index (χ1n) is 5.05. The number of rotatable bonds is 6. The molecule has 7 heteroatoms. The Morgan fingerprint density at radius 2 is 1.65 bits per heavy atom. The molecule has 1 rings (SSSR count). The lowest BCUT2D eigenvalue weighted by molar-refractivity contribution is -0.157. The molecule has 0 spiro atoms. The Balaban J connectivity index is 3.03. The maximum absolute atomic E-state index is 11.7. The Morgan fingerprint density at radius 1 is 1.18 bits per heavy atom. The number of esters is 1. The van der Waals surface area contributed by atoms with Gasteiger partial charge in [0.1, 0.15) is 5.41 Å². The van der Waals surface area contributed by atoms with Gasteiger partial charge in [0.2, 0.25) is 0 Å². The quantitative estimate of drug-likeness (QED) is 0.613. The minimum Gasteiger partial charge on any atom is -0.481 e. The Kier molecular flexibility index (Phi) is 3.72. The molecule has 0 saturated heterocycles. The predicted octanol–water partition coefficient (Wildman–Crippen LogP) is -0.403. The van der Waals surface area contributed by atoms with E-state index in [1.54, 1.807) is 6.92 Å². The summed E-state index contributed by atoms with van der Waals surface area (Å²) in [5.41, 5.74) is -1.59. The number of hydrogen-bond acceptors (Lipinski definition) is 5. The first kappa shape index (κ1) is 13.4. The van der Waals surface area contributed by atoms with E-state index in [0.717, 1.165) is 0 Å². The number of ether oxygens (including phenoxy) is 2. The second-order valence-electron chi connectivity index (χ2n) is 3.83. The summed E-state index contributed by atoms with van der Waals surface area (Å²) >= 11 is 0. The fourth-order valence-corrected chi connectivity index (χ4v) is 2.16. The molecule has 0 aromatic heterocycles. The van der Waals surface area contributed by atoms with Gasteiger partial charge in [-0.1, -0.05) is 0 Å². The van der Waals surface area contributed by atoms with Crippen LogP contribution in [0.15, 0.2) is 0 Å². The normalized spacial score (nSPS) is 30.7. The SMILES string of the molecule is CCOC(=O)C1(COC)[C@H](C(=O)O)[C@@H]1C(=O)O. The third-order valence-electron chi connectivity index (χ3n) is 2.90. The lowest BCUT2D eigenvalue weighted by atomic mass is 10.0. The summed E-state index contributed by atoms with van der Waals surface area (Å²) in [7, 11) is 1.27. The summed E-state index contributed by atoms with van der Waals surface area (Å²) < 4.78 is 9.51. The molecule has 3 atom stereocenters. The van der Waals surface area contributed by atoms with Crippen molar-refractivity contribution in [1.82, 2.24) is 0 Å². The van der Waals surface area contributed by atoms with Gasteiger partial charge in [-0.15, -0.1) is 0 Å². The summed E-state index contributed by atoms with van der Waals surface area (Å²) in [5.74, 6) is -6.08. The number of carbonyl (C=O) groups excluding carboxylic acids is 1. The standard InChI is InChI=1S/C10H14O7/c1-3-17-9(15)10(4-16-2)5(7(11)12)6(10)8(13)14/h5-6H,3-4H2,1-2H3,(H,11,12)(H,13,14)/t5-,6+,10?. The van der Waals surface area contributed by atoms with E-state index in [4.69, 9.17) is 19.7 Å². The average Bonchev–Trinajstić information content (AvgIpc) is 2.89. The van der Waals surface area contributed by atoms with Crippen LogP contribution in [0.3, 0.4) is 0 Å². The Bertz CT molecular complexity index is 329. The zero-order chi connectivity index (χ0) is 13.2. The molecule has 1 fully saturated rings. The third-order valence-corrected chi connectivity index (χ3v) is 2.90. The van der Waals surface area contributed by atoms with E-state index in [9.17, 15) is 14.4 Å².